The fourth-order valence-electron chi connectivity index (χ4n) is 9.57. The van der Waals surface area contributed by atoms with Gasteiger partial charge in [-0.2, -0.15) is 0 Å². The van der Waals surface area contributed by atoms with Gasteiger partial charge in [-0.15, -0.1) is 0 Å². The molecule has 1 saturated heterocycles. The molecule has 5 rings (SSSR count). The van der Waals surface area contributed by atoms with E-state index in [9.17, 15) is 14.4 Å². The summed E-state index contributed by atoms with van der Waals surface area (Å²) in [7, 11) is 0. The lowest BCUT2D eigenvalue weighted by molar-refractivity contribution is -0.129. The van der Waals surface area contributed by atoms with E-state index < -0.39 is 6.09 Å². The molecule has 5 aliphatic rings. The third-order valence-corrected chi connectivity index (χ3v) is 11.6. The van der Waals surface area contributed by atoms with E-state index in [2.05, 4.69) is 38.2 Å². The zero-order valence-electron chi connectivity index (χ0n) is 25.2. The third kappa shape index (κ3) is 5.49. The van der Waals surface area contributed by atoms with Gasteiger partial charge in [-0.1, -0.05) is 38.4 Å². The molecule has 222 valence electrons. The monoisotopic (exact) mass is 555 g/mol. The predicted molar refractivity (Wildman–Crippen MR) is 154 cm³/mol. The van der Waals surface area contributed by atoms with Crippen LogP contribution in [0, 0.1) is 39.9 Å². The molecule has 7 atom stereocenters. The van der Waals surface area contributed by atoms with Gasteiger partial charge in [-0.3, -0.25) is 14.4 Å². The largest absolute Gasteiger partial charge is 0.466 e. The number of carbonyl (C=O) groups excluding carboxylic acids is 3. The van der Waals surface area contributed by atoms with Crippen molar-refractivity contribution >= 4 is 24.1 Å². The maximum absolute atomic E-state index is 13.1. The van der Waals surface area contributed by atoms with Gasteiger partial charge in [0.25, 0.3) is 6.47 Å². The van der Waals surface area contributed by atoms with Crippen LogP contribution in [0.3, 0.4) is 0 Å². The van der Waals surface area contributed by atoms with E-state index in [1.807, 2.05) is 13.0 Å². The Bertz CT molecular complexity index is 1070. The van der Waals surface area contributed by atoms with Crippen LogP contribution in [0.25, 0.3) is 0 Å². The molecular formula is C32H49N3O5. The molecule has 1 N–H and O–H groups in total. The summed E-state index contributed by atoms with van der Waals surface area (Å²) in [6.07, 6.45) is 11.0. The maximum atomic E-state index is 13.1. The summed E-state index contributed by atoms with van der Waals surface area (Å²) >= 11 is 0. The number of ketones is 1. The average molecular weight is 556 g/mol. The average Bonchev–Trinajstić information content (AvgIpc) is 3.45. The molecule has 4 aliphatic carbocycles. The van der Waals surface area contributed by atoms with E-state index in [4.69, 9.17) is 9.57 Å². The van der Waals surface area contributed by atoms with Gasteiger partial charge in [0.1, 0.15) is 6.61 Å². The van der Waals surface area contributed by atoms with Gasteiger partial charge in [0.05, 0.1) is 12.3 Å². The maximum Gasteiger partial charge on any atom is 0.436 e. The molecule has 3 saturated carbocycles. The second-order valence-electron chi connectivity index (χ2n) is 14.6. The van der Waals surface area contributed by atoms with Gasteiger partial charge in [-0.25, -0.2) is 4.79 Å². The van der Waals surface area contributed by atoms with Crippen molar-refractivity contribution in [2.45, 2.75) is 98.4 Å². The van der Waals surface area contributed by atoms with Crippen molar-refractivity contribution in [2.24, 2.45) is 45.1 Å². The van der Waals surface area contributed by atoms with E-state index in [-0.39, 0.29) is 35.4 Å². The highest BCUT2D eigenvalue weighted by molar-refractivity contribution is 5.91. The lowest BCUT2D eigenvalue weighted by Crippen LogP contribution is -2.51. The number of allylic oxidation sites excluding steroid dienone is 1. The van der Waals surface area contributed by atoms with E-state index >= 15 is 0 Å². The number of hydrogen-bond donors (Lipinski definition) is 1. The molecule has 1 amide bonds. The summed E-state index contributed by atoms with van der Waals surface area (Å²) < 4.78 is 4.88. The van der Waals surface area contributed by atoms with Crippen molar-refractivity contribution < 1.29 is 24.0 Å². The number of nitrogens with zero attached hydrogens (tertiary/aromatic N) is 2. The lowest BCUT2D eigenvalue weighted by atomic mass is 9.46. The second-order valence-corrected chi connectivity index (χ2v) is 14.6. The summed E-state index contributed by atoms with van der Waals surface area (Å²) in [4.78, 5) is 43.1. The molecule has 0 spiro atoms. The van der Waals surface area contributed by atoms with Gasteiger partial charge in [-0.05, 0) is 98.4 Å². The summed E-state index contributed by atoms with van der Waals surface area (Å²) in [6, 6.07) is 0.170. The predicted octanol–water partition coefficient (Wildman–Crippen LogP) is 5.51. The van der Waals surface area contributed by atoms with Crippen LogP contribution in [0.5, 0.6) is 0 Å². The fourth-order valence-corrected chi connectivity index (χ4v) is 9.57. The first-order chi connectivity index (χ1) is 19.0. The molecule has 4 fully saturated rings. The highest BCUT2D eigenvalue weighted by atomic mass is 16.7. The third-order valence-electron chi connectivity index (χ3n) is 11.6. The fraction of sp³-hybridized carbons (Fsp3) is 0.812. The Balaban J connectivity index is 1.24. The van der Waals surface area contributed by atoms with Crippen molar-refractivity contribution in [3.8, 4) is 0 Å². The molecule has 0 aromatic carbocycles. The van der Waals surface area contributed by atoms with Crippen molar-refractivity contribution in [1.29, 1.82) is 0 Å². The summed E-state index contributed by atoms with van der Waals surface area (Å²) in [5.74, 6) is 2.59. The number of rotatable bonds is 8. The minimum Gasteiger partial charge on any atom is -0.466 e. The molecular weight excluding hydrogens is 506 g/mol. The number of nitrogens with one attached hydrogen (secondary N) is 1. The molecule has 40 heavy (non-hydrogen) atoms. The quantitative estimate of drug-likeness (QED) is 0.139. The molecule has 1 heterocycles. The van der Waals surface area contributed by atoms with Crippen molar-refractivity contribution in [1.82, 2.24) is 10.2 Å². The summed E-state index contributed by atoms with van der Waals surface area (Å²) in [5.41, 5.74) is 2.83. The van der Waals surface area contributed by atoms with Gasteiger partial charge in [0, 0.05) is 31.5 Å². The minimum atomic E-state index is -0.491. The topological polar surface area (TPSA) is 97.3 Å². The Morgan fingerprint density at radius 3 is 2.65 bits per heavy atom. The Hall–Kier alpha value is -2.22. The van der Waals surface area contributed by atoms with E-state index in [0.717, 1.165) is 44.4 Å². The first kappa shape index (κ1) is 29.3. The van der Waals surface area contributed by atoms with Crippen molar-refractivity contribution in [3.63, 3.8) is 0 Å². The van der Waals surface area contributed by atoms with E-state index in [1.165, 1.54) is 24.8 Å². The van der Waals surface area contributed by atoms with Crippen LogP contribution < -0.4 is 5.32 Å². The van der Waals surface area contributed by atoms with Crippen LogP contribution in [-0.2, 0) is 19.2 Å². The molecule has 1 unspecified atom stereocenters. The number of fused-ring (bicyclic) bond motifs is 5. The summed E-state index contributed by atoms with van der Waals surface area (Å²) in [6.45, 7) is 13.5. The normalized spacial score (nSPS) is 38.5. The Labute approximate surface area is 239 Å². The van der Waals surface area contributed by atoms with Gasteiger partial charge in [0.15, 0.2) is 5.78 Å². The molecule has 1 aliphatic heterocycles. The molecule has 0 radical (unpaired) electrons. The van der Waals surface area contributed by atoms with Gasteiger partial charge >= 0.3 is 6.09 Å². The summed E-state index contributed by atoms with van der Waals surface area (Å²) in [5, 5.41) is 7.93. The van der Waals surface area contributed by atoms with Gasteiger partial charge in [0.2, 0.25) is 0 Å². The van der Waals surface area contributed by atoms with E-state index in [1.54, 1.807) is 4.90 Å². The lowest BCUT2D eigenvalue weighted by Gasteiger charge is -2.58. The Morgan fingerprint density at radius 1 is 1.12 bits per heavy atom. The van der Waals surface area contributed by atoms with Crippen LogP contribution in [0.1, 0.15) is 92.4 Å². The van der Waals surface area contributed by atoms with Gasteiger partial charge < -0.3 is 15.0 Å². The molecule has 8 heteroatoms. The van der Waals surface area contributed by atoms with Crippen molar-refractivity contribution in [2.75, 3.05) is 26.2 Å². The smallest absolute Gasteiger partial charge is 0.436 e. The first-order valence-corrected chi connectivity index (χ1v) is 15.5. The number of ether oxygens (including phenoxy) is 1. The number of hydrogen-bond acceptors (Lipinski definition) is 7. The molecule has 0 aromatic heterocycles. The highest BCUT2D eigenvalue weighted by Crippen LogP contribution is 2.66. The van der Waals surface area contributed by atoms with Crippen LogP contribution in [0.15, 0.2) is 16.8 Å². The number of carbonyl (C=O) groups is 3. The van der Waals surface area contributed by atoms with Crippen molar-refractivity contribution in [3.05, 3.63) is 11.6 Å². The molecule has 0 bridgehead atoms. The van der Waals surface area contributed by atoms with E-state index in [0.29, 0.717) is 48.9 Å². The van der Waals surface area contributed by atoms with Crippen LogP contribution >= 0.6 is 0 Å². The number of amides is 1. The first-order valence-electron chi connectivity index (χ1n) is 15.5. The zero-order valence-corrected chi connectivity index (χ0v) is 25.2. The molecule has 0 aromatic rings. The SMILES string of the molecule is C/C(=N\OC(=O)N(CCOC=O)CC1CC(C)(C)CN1)[C@H]1CC[C@H]2[C@@H]3CCC4=CC(=O)CC[C@]4(C)[C@H]3CC[C@]12C. The Morgan fingerprint density at radius 2 is 1.93 bits per heavy atom. The molecule has 8 nitrogen and oxygen atoms in total. The number of oxime groups is 1. The second kappa shape index (κ2) is 11.2. The van der Waals surface area contributed by atoms with Crippen LogP contribution in [0.2, 0.25) is 0 Å². The van der Waals surface area contributed by atoms with Crippen LogP contribution in [0.4, 0.5) is 4.79 Å². The minimum absolute atomic E-state index is 0.131. The van der Waals surface area contributed by atoms with Crippen LogP contribution in [-0.4, -0.2) is 61.2 Å². The Kier molecular flexibility index (Phi) is 8.21. The highest BCUT2D eigenvalue weighted by Gasteiger charge is 2.59. The zero-order chi connectivity index (χ0) is 28.7. The standard InChI is InChI=1S/C32H49N3O5/c1-21(34-40-29(38)35(14-15-39-20-36)18-23-17-30(2,3)19-33-23)26-8-9-27-25-7-6-22-16-24(37)10-12-31(22,4)28(25)11-13-32(26,27)5/h16,20,23,25-28,33H,6-15,17-19H2,1-5H3/b34-21+/t23?,25-,26+,27-,28-,31-,32+/m0/s1.